The highest BCUT2D eigenvalue weighted by Gasteiger charge is 2.52. The molecule has 3 fully saturated rings. The lowest BCUT2D eigenvalue weighted by atomic mass is 9.90. The maximum absolute atomic E-state index is 14.4. The van der Waals surface area contributed by atoms with E-state index in [9.17, 15) is 43.2 Å². The molecule has 3 aromatic rings. The van der Waals surface area contributed by atoms with Crippen molar-refractivity contribution >= 4 is 59.7 Å². The molecule has 24 heteroatoms. The van der Waals surface area contributed by atoms with Gasteiger partial charge in [-0.15, -0.1) is 0 Å². The SMILES string of the molecule is CCC(C)C(C(CC(=O)N1CCCC1C(OC)C(C)C(=O)NC(Cc1ccccc1)c1ncccn1)OC)N(C)C(=O)CNC(=O)C1C2CCC(C2)N1C(=O)OCc1ccc(NC(=O)C(CCCNC(N)=O)NC(=O)CNC=O)cc1. The van der Waals surface area contributed by atoms with Gasteiger partial charge in [0.15, 0.2) is 5.82 Å². The van der Waals surface area contributed by atoms with Crippen molar-refractivity contribution in [2.24, 2.45) is 23.5 Å². The summed E-state index contributed by atoms with van der Waals surface area (Å²) in [5.74, 6) is -2.91. The van der Waals surface area contributed by atoms with Crippen LogP contribution in [-0.2, 0) is 60.8 Å². The molecule has 1 aromatic heterocycles. The molecule has 440 valence electrons. The van der Waals surface area contributed by atoms with E-state index in [-0.39, 0.29) is 68.8 Å². The molecule has 2 saturated heterocycles. The minimum absolute atomic E-state index is 0.0545. The molecule has 11 atom stereocenters. The third-order valence-corrected chi connectivity index (χ3v) is 15.8. The van der Waals surface area contributed by atoms with Gasteiger partial charge >= 0.3 is 12.1 Å². The van der Waals surface area contributed by atoms with Gasteiger partial charge in [0.25, 0.3) is 0 Å². The Kier molecular flexibility index (Phi) is 23.7. The number of nitrogens with two attached hydrogens (primary N) is 1. The van der Waals surface area contributed by atoms with Crippen LogP contribution in [0.25, 0.3) is 0 Å². The topological polar surface area (TPSA) is 315 Å². The molecule has 1 saturated carbocycles. The van der Waals surface area contributed by atoms with Crippen LogP contribution in [0.2, 0.25) is 0 Å². The van der Waals surface area contributed by atoms with Gasteiger partial charge in [0, 0.05) is 58.5 Å². The second kappa shape index (κ2) is 30.7. The highest BCUT2D eigenvalue weighted by atomic mass is 16.6. The molecule has 0 radical (unpaired) electrons. The Morgan fingerprint density at radius 3 is 2.26 bits per heavy atom. The number of likely N-dealkylation sites (tertiary alicyclic amines) is 2. The van der Waals surface area contributed by atoms with E-state index in [1.54, 1.807) is 68.7 Å². The smallest absolute Gasteiger partial charge is 0.411 e. The van der Waals surface area contributed by atoms with Crippen LogP contribution in [0.5, 0.6) is 0 Å². The van der Waals surface area contributed by atoms with Gasteiger partial charge in [0.05, 0.1) is 55.8 Å². The summed E-state index contributed by atoms with van der Waals surface area (Å²) < 4.78 is 17.8. The lowest BCUT2D eigenvalue weighted by Crippen LogP contribution is -2.56. The molecule has 3 heterocycles. The molecule has 2 aliphatic heterocycles. The van der Waals surface area contributed by atoms with Gasteiger partial charge in [-0.05, 0) is 92.5 Å². The maximum Gasteiger partial charge on any atom is 0.411 e. The van der Waals surface area contributed by atoms with Gasteiger partial charge in [-0.25, -0.2) is 19.6 Å². The van der Waals surface area contributed by atoms with Crippen LogP contribution in [0.3, 0.4) is 0 Å². The molecule has 11 unspecified atom stereocenters. The Hall–Kier alpha value is -7.73. The summed E-state index contributed by atoms with van der Waals surface area (Å²) in [4.78, 5) is 131. The number of piperidine rings is 1. The molecule has 1 aliphatic carbocycles. The monoisotopic (exact) mass is 1120 g/mol. The van der Waals surface area contributed by atoms with Gasteiger partial charge in [0.2, 0.25) is 41.9 Å². The number of carbonyl (C=O) groups excluding carboxylic acids is 9. The predicted octanol–water partition coefficient (Wildman–Crippen LogP) is 2.72. The fraction of sp³-hybridized carbons (Fsp3) is 0.561. The Morgan fingerprint density at radius 1 is 0.864 bits per heavy atom. The largest absolute Gasteiger partial charge is 0.445 e. The first-order chi connectivity index (χ1) is 39.0. The summed E-state index contributed by atoms with van der Waals surface area (Å²) >= 11 is 0. The molecule has 3 aliphatic rings. The first kappa shape index (κ1) is 62.5. The molecule has 81 heavy (non-hydrogen) atoms. The lowest BCUT2D eigenvalue weighted by Gasteiger charge is -2.39. The average molecular weight is 1130 g/mol. The number of benzene rings is 2. The first-order valence-electron chi connectivity index (χ1n) is 27.8. The van der Waals surface area contributed by atoms with Crippen LogP contribution in [0.4, 0.5) is 15.3 Å². The number of fused-ring (bicyclic) bond motifs is 2. The van der Waals surface area contributed by atoms with E-state index in [0.717, 1.165) is 12.0 Å². The Bertz CT molecular complexity index is 2600. The molecule has 8 N–H and O–H groups in total. The molecule has 10 amide bonds. The number of aromatic nitrogens is 2. The van der Waals surface area contributed by atoms with E-state index in [4.69, 9.17) is 19.9 Å². The molecular weight excluding hydrogens is 1040 g/mol. The van der Waals surface area contributed by atoms with Crippen LogP contribution in [-0.4, -0.2) is 169 Å². The second-order valence-electron chi connectivity index (χ2n) is 21.1. The zero-order valence-corrected chi connectivity index (χ0v) is 47.2. The Labute approximate surface area is 473 Å². The third kappa shape index (κ3) is 17.1. The Morgan fingerprint density at radius 2 is 1.59 bits per heavy atom. The number of nitrogens with one attached hydrogen (secondary N) is 6. The second-order valence-corrected chi connectivity index (χ2v) is 21.1. The maximum atomic E-state index is 14.4. The molecule has 24 nitrogen and oxygen atoms in total. The van der Waals surface area contributed by atoms with Crippen molar-refractivity contribution in [1.29, 1.82) is 0 Å². The van der Waals surface area contributed by atoms with E-state index in [2.05, 4.69) is 41.9 Å². The van der Waals surface area contributed by atoms with Gasteiger partial charge in [0.1, 0.15) is 18.7 Å². The van der Waals surface area contributed by atoms with E-state index in [1.165, 1.54) is 16.9 Å². The molecular formula is C57H80N12O12. The number of hydrogen-bond donors (Lipinski definition) is 7. The first-order valence-corrected chi connectivity index (χ1v) is 27.8. The summed E-state index contributed by atoms with van der Waals surface area (Å²) in [6.45, 7) is 5.55. The quantitative estimate of drug-likeness (QED) is 0.0373. The van der Waals surface area contributed by atoms with E-state index in [0.29, 0.717) is 75.0 Å². The summed E-state index contributed by atoms with van der Waals surface area (Å²) in [6, 6.07) is 13.7. The highest BCUT2D eigenvalue weighted by molar-refractivity contribution is 5.97. The third-order valence-electron chi connectivity index (χ3n) is 15.8. The number of anilines is 1. The van der Waals surface area contributed by atoms with E-state index >= 15 is 0 Å². The van der Waals surface area contributed by atoms with Crippen LogP contribution < -0.4 is 37.6 Å². The summed E-state index contributed by atoms with van der Waals surface area (Å²) in [5.41, 5.74) is 7.10. The fourth-order valence-corrected chi connectivity index (χ4v) is 11.5. The zero-order valence-electron chi connectivity index (χ0n) is 47.2. The number of carbonyl (C=O) groups is 9. The predicted molar refractivity (Wildman–Crippen MR) is 297 cm³/mol. The van der Waals surface area contributed by atoms with Crippen molar-refractivity contribution in [2.75, 3.05) is 52.8 Å². The van der Waals surface area contributed by atoms with Crippen molar-refractivity contribution in [3.8, 4) is 0 Å². The van der Waals surface area contributed by atoms with Gasteiger partial charge in [-0.2, -0.15) is 0 Å². The standard InChI is InChI=1S/C57H80N12O12/c1-7-35(2)49(45(79-5)30-47(72)68-27-12-17-44(68)51(80-6)36(3)53(74)66-43(52-60-25-13-26-61-52)28-37-14-9-8-10-15-37)67(4)48(73)32-63-55(76)50-39-20-23-41(29-39)69(50)57(78)81-33-38-18-21-40(22-19-38)64-54(75)42(16-11-24-62-56(58)77)65-46(71)31-59-34-70/h8-10,13-15,18-19,21-22,25-26,34-36,39,41-45,49-51H,7,11-12,16-17,20,23-24,27-33H2,1-6H3,(H,59,70)(H,63,76)(H,64,75)(H,65,71)(H,66,74)(H3,58,62,77). The number of urea groups is 1. The molecule has 0 spiro atoms. The summed E-state index contributed by atoms with van der Waals surface area (Å²) in [6.07, 6.45) is 6.50. The minimum atomic E-state index is -1.000. The number of rotatable bonds is 30. The molecule has 6 rings (SSSR count). The molecule has 2 aromatic carbocycles. The average Bonchev–Trinajstić information content (AvgIpc) is 4.33. The number of likely N-dealkylation sites (N-methyl/N-ethyl adjacent to an activating group) is 1. The number of primary amides is 1. The van der Waals surface area contributed by atoms with Crippen molar-refractivity contribution in [3.05, 3.63) is 90.0 Å². The van der Waals surface area contributed by atoms with E-state index in [1.807, 2.05) is 44.2 Å². The van der Waals surface area contributed by atoms with Crippen molar-refractivity contribution in [2.45, 2.75) is 140 Å². The number of amides is 10. The van der Waals surface area contributed by atoms with Gasteiger partial charge < -0.3 is 61.6 Å². The van der Waals surface area contributed by atoms with Gasteiger partial charge in [-0.3, -0.25) is 38.5 Å². The highest BCUT2D eigenvalue weighted by Crippen LogP contribution is 2.43. The van der Waals surface area contributed by atoms with Crippen LogP contribution >= 0.6 is 0 Å². The number of hydrogen-bond acceptors (Lipinski definition) is 14. The fourth-order valence-electron chi connectivity index (χ4n) is 11.5. The van der Waals surface area contributed by atoms with Crippen molar-refractivity contribution in [3.63, 3.8) is 0 Å². The van der Waals surface area contributed by atoms with Crippen LogP contribution in [0, 0.1) is 17.8 Å². The summed E-state index contributed by atoms with van der Waals surface area (Å²) in [7, 11) is 4.70. The number of nitrogens with zero attached hydrogens (tertiary/aromatic N) is 5. The summed E-state index contributed by atoms with van der Waals surface area (Å²) in [5, 5.41) is 15.9. The number of methoxy groups -OCH3 is 2. The molecule has 2 bridgehead atoms. The van der Waals surface area contributed by atoms with E-state index < -0.39 is 84.1 Å². The van der Waals surface area contributed by atoms with Crippen molar-refractivity contribution in [1.82, 2.24) is 51.3 Å². The van der Waals surface area contributed by atoms with Crippen LogP contribution in [0.15, 0.2) is 73.1 Å². The number of ether oxygens (including phenoxy) is 3. The lowest BCUT2D eigenvalue weighted by molar-refractivity contribution is -0.146. The minimum Gasteiger partial charge on any atom is -0.445 e. The van der Waals surface area contributed by atoms with Crippen LogP contribution in [0.1, 0.15) is 102 Å². The normalized spacial score (nSPS) is 19.8. The Balaban J connectivity index is 1.02. The van der Waals surface area contributed by atoms with Gasteiger partial charge in [-0.1, -0.05) is 69.7 Å². The van der Waals surface area contributed by atoms with Crippen molar-refractivity contribution < 1.29 is 57.4 Å². The zero-order chi connectivity index (χ0) is 58.6.